The Morgan fingerprint density at radius 1 is 1.12 bits per heavy atom. The van der Waals surface area contributed by atoms with Crippen molar-refractivity contribution in [3.63, 3.8) is 0 Å². The smallest absolute Gasteiger partial charge is 0.256 e. The summed E-state index contributed by atoms with van der Waals surface area (Å²) in [6, 6.07) is 18.1. The number of amides is 1. The molecule has 1 aliphatic rings. The van der Waals surface area contributed by atoms with Crippen molar-refractivity contribution in [3.05, 3.63) is 65.7 Å². The number of β-amino-alcohol motifs (C(OH)–C–C–N with tert-alkyl or cyclic N) is 1. The van der Waals surface area contributed by atoms with Gasteiger partial charge in [0, 0.05) is 25.3 Å². The maximum absolute atomic E-state index is 12.8. The Labute approximate surface area is 149 Å². The molecule has 0 saturated carbocycles. The SMILES string of the molecule is O=C(c1ccccc1NCCCc1ccccc1)N1CCCC(O)C1. The summed E-state index contributed by atoms with van der Waals surface area (Å²) in [7, 11) is 0. The topological polar surface area (TPSA) is 52.6 Å². The minimum atomic E-state index is -0.399. The van der Waals surface area contributed by atoms with Crippen molar-refractivity contribution in [2.75, 3.05) is 25.0 Å². The summed E-state index contributed by atoms with van der Waals surface area (Å²) in [5, 5.41) is 13.2. The van der Waals surface area contributed by atoms with Gasteiger partial charge in [0.15, 0.2) is 0 Å². The van der Waals surface area contributed by atoms with E-state index in [0.29, 0.717) is 12.1 Å². The predicted octanol–water partition coefficient (Wildman–Crippen LogP) is 3.33. The normalized spacial score (nSPS) is 17.3. The number of hydrogen-bond acceptors (Lipinski definition) is 3. The van der Waals surface area contributed by atoms with Crippen LogP contribution in [0.4, 0.5) is 5.69 Å². The van der Waals surface area contributed by atoms with E-state index in [1.165, 1.54) is 5.56 Å². The fraction of sp³-hybridized carbons (Fsp3) is 0.381. The van der Waals surface area contributed by atoms with Crippen molar-refractivity contribution >= 4 is 11.6 Å². The van der Waals surface area contributed by atoms with Gasteiger partial charge in [0.05, 0.1) is 11.7 Å². The lowest BCUT2D eigenvalue weighted by Crippen LogP contribution is -2.42. The van der Waals surface area contributed by atoms with Crippen LogP contribution in [0.1, 0.15) is 35.2 Å². The van der Waals surface area contributed by atoms with Gasteiger partial charge in [-0.3, -0.25) is 4.79 Å². The van der Waals surface area contributed by atoms with Crippen molar-refractivity contribution in [3.8, 4) is 0 Å². The van der Waals surface area contributed by atoms with Crippen molar-refractivity contribution in [2.24, 2.45) is 0 Å². The van der Waals surface area contributed by atoms with E-state index in [1.807, 2.05) is 30.3 Å². The van der Waals surface area contributed by atoms with E-state index in [9.17, 15) is 9.90 Å². The van der Waals surface area contributed by atoms with Crippen LogP contribution >= 0.6 is 0 Å². The molecular weight excluding hydrogens is 312 g/mol. The molecule has 1 unspecified atom stereocenters. The Hall–Kier alpha value is -2.33. The zero-order chi connectivity index (χ0) is 17.5. The molecule has 3 rings (SSSR count). The standard InChI is InChI=1S/C21H26N2O2/c24-18-11-7-15-23(16-18)21(25)19-12-4-5-13-20(19)22-14-6-10-17-8-2-1-3-9-17/h1-5,8-9,12-13,18,22,24H,6-7,10-11,14-16H2. The van der Waals surface area contributed by atoms with Crippen LogP contribution in [0.2, 0.25) is 0 Å². The number of aliphatic hydroxyl groups is 1. The fourth-order valence-corrected chi connectivity index (χ4v) is 3.29. The van der Waals surface area contributed by atoms with Crippen molar-refractivity contribution < 1.29 is 9.90 Å². The van der Waals surface area contributed by atoms with Crippen molar-refractivity contribution in [2.45, 2.75) is 31.8 Å². The molecule has 0 radical (unpaired) electrons. The summed E-state index contributed by atoms with van der Waals surface area (Å²) in [6.07, 6.45) is 3.27. The molecule has 0 bridgehead atoms. The van der Waals surface area contributed by atoms with Gasteiger partial charge in [-0.1, -0.05) is 42.5 Å². The Morgan fingerprint density at radius 3 is 2.68 bits per heavy atom. The van der Waals surface area contributed by atoms with Crippen LogP contribution in [0.25, 0.3) is 0 Å². The number of carbonyl (C=O) groups is 1. The molecule has 25 heavy (non-hydrogen) atoms. The molecular formula is C21H26N2O2. The van der Waals surface area contributed by atoms with Crippen LogP contribution in [-0.2, 0) is 6.42 Å². The lowest BCUT2D eigenvalue weighted by Gasteiger charge is -2.30. The largest absolute Gasteiger partial charge is 0.391 e. The maximum Gasteiger partial charge on any atom is 0.256 e. The molecule has 2 aromatic carbocycles. The highest BCUT2D eigenvalue weighted by Gasteiger charge is 2.24. The second-order valence-corrected chi connectivity index (χ2v) is 6.61. The van der Waals surface area contributed by atoms with Gasteiger partial charge in [-0.25, -0.2) is 0 Å². The quantitative estimate of drug-likeness (QED) is 0.795. The average molecular weight is 338 g/mol. The van der Waals surface area contributed by atoms with E-state index < -0.39 is 6.10 Å². The molecule has 1 heterocycles. The summed E-state index contributed by atoms with van der Waals surface area (Å²) in [6.45, 7) is 1.97. The first kappa shape index (κ1) is 17.5. The Bertz CT molecular complexity index is 687. The van der Waals surface area contributed by atoms with Crippen LogP contribution in [0.5, 0.6) is 0 Å². The predicted molar refractivity (Wildman–Crippen MR) is 101 cm³/mol. The van der Waals surface area contributed by atoms with E-state index in [0.717, 1.165) is 44.5 Å². The number of hydrogen-bond donors (Lipinski definition) is 2. The zero-order valence-electron chi connectivity index (χ0n) is 14.5. The minimum Gasteiger partial charge on any atom is -0.391 e. The van der Waals surface area contributed by atoms with Crippen LogP contribution < -0.4 is 5.32 Å². The van der Waals surface area contributed by atoms with Gasteiger partial charge in [-0.2, -0.15) is 0 Å². The number of nitrogens with zero attached hydrogens (tertiary/aromatic N) is 1. The highest BCUT2D eigenvalue weighted by atomic mass is 16.3. The Morgan fingerprint density at radius 2 is 1.88 bits per heavy atom. The summed E-state index contributed by atoms with van der Waals surface area (Å²) < 4.78 is 0. The summed E-state index contributed by atoms with van der Waals surface area (Å²) in [5.41, 5.74) is 2.90. The molecule has 4 heteroatoms. The molecule has 132 valence electrons. The van der Waals surface area contributed by atoms with Crippen LogP contribution in [-0.4, -0.2) is 41.7 Å². The van der Waals surface area contributed by atoms with Gasteiger partial charge >= 0.3 is 0 Å². The monoisotopic (exact) mass is 338 g/mol. The van der Waals surface area contributed by atoms with E-state index in [-0.39, 0.29) is 5.91 Å². The van der Waals surface area contributed by atoms with Crippen LogP contribution in [0, 0.1) is 0 Å². The van der Waals surface area contributed by atoms with E-state index in [1.54, 1.807) is 4.90 Å². The first-order chi connectivity index (χ1) is 12.2. The van der Waals surface area contributed by atoms with E-state index in [4.69, 9.17) is 0 Å². The number of nitrogens with one attached hydrogen (secondary N) is 1. The van der Waals surface area contributed by atoms with Crippen molar-refractivity contribution in [1.82, 2.24) is 4.90 Å². The maximum atomic E-state index is 12.8. The van der Waals surface area contributed by atoms with Crippen LogP contribution in [0.15, 0.2) is 54.6 Å². The third-order valence-electron chi connectivity index (χ3n) is 4.64. The fourth-order valence-electron chi connectivity index (χ4n) is 3.29. The van der Waals surface area contributed by atoms with Gasteiger partial charge in [-0.15, -0.1) is 0 Å². The van der Waals surface area contributed by atoms with Crippen LogP contribution in [0.3, 0.4) is 0 Å². The van der Waals surface area contributed by atoms with Gasteiger partial charge in [-0.05, 0) is 43.4 Å². The number of benzene rings is 2. The van der Waals surface area contributed by atoms with Crippen molar-refractivity contribution in [1.29, 1.82) is 0 Å². The molecule has 2 aromatic rings. The van der Waals surface area contributed by atoms with Gasteiger partial charge in [0.25, 0.3) is 5.91 Å². The van der Waals surface area contributed by atoms with Gasteiger partial charge in [0.1, 0.15) is 0 Å². The molecule has 0 aromatic heterocycles. The molecule has 1 fully saturated rings. The van der Waals surface area contributed by atoms with E-state index >= 15 is 0 Å². The number of anilines is 1. The summed E-state index contributed by atoms with van der Waals surface area (Å²) in [4.78, 5) is 14.6. The lowest BCUT2D eigenvalue weighted by atomic mass is 10.1. The van der Waals surface area contributed by atoms with E-state index in [2.05, 4.69) is 29.6 Å². The number of aryl methyl sites for hydroxylation is 1. The molecule has 1 aliphatic heterocycles. The summed E-state index contributed by atoms with van der Waals surface area (Å²) in [5.74, 6) is 0.00455. The molecule has 1 saturated heterocycles. The minimum absolute atomic E-state index is 0.00455. The highest BCUT2D eigenvalue weighted by Crippen LogP contribution is 2.20. The molecule has 2 N–H and O–H groups in total. The first-order valence-corrected chi connectivity index (χ1v) is 9.08. The third kappa shape index (κ3) is 4.83. The molecule has 0 aliphatic carbocycles. The Balaban J connectivity index is 1.57. The number of piperidine rings is 1. The number of para-hydroxylation sites is 1. The number of carbonyl (C=O) groups excluding carboxylic acids is 1. The van der Waals surface area contributed by atoms with Gasteiger partial charge < -0.3 is 15.3 Å². The Kier molecular flexibility index (Phi) is 6.07. The molecule has 1 amide bonds. The molecule has 4 nitrogen and oxygen atoms in total. The highest BCUT2D eigenvalue weighted by molar-refractivity contribution is 5.99. The van der Waals surface area contributed by atoms with Gasteiger partial charge in [0.2, 0.25) is 0 Å². The third-order valence-corrected chi connectivity index (χ3v) is 4.64. The number of rotatable bonds is 6. The second kappa shape index (κ2) is 8.67. The summed E-state index contributed by atoms with van der Waals surface area (Å²) >= 11 is 0. The zero-order valence-corrected chi connectivity index (χ0v) is 14.5. The first-order valence-electron chi connectivity index (χ1n) is 9.08. The number of aliphatic hydroxyl groups excluding tert-OH is 1. The lowest BCUT2D eigenvalue weighted by molar-refractivity contribution is 0.0474. The molecule has 1 atom stereocenters. The number of likely N-dealkylation sites (tertiary alicyclic amines) is 1. The average Bonchev–Trinajstić information content (AvgIpc) is 2.66. The molecule has 0 spiro atoms. The second-order valence-electron chi connectivity index (χ2n) is 6.61.